The fourth-order valence-corrected chi connectivity index (χ4v) is 0.515. The molecule has 0 aromatic carbocycles. The van der Waals surface area contributed by atoms with E-state index in [0.29, 0.717) is 0 Å². The predicted molar refractivity (Wildman–Crippen MR) is 30.6 cm³/mol. The lowest BCUT2D eigenvalue weighted by Crippen LogP contribution is -1.86. The largest absolute Gasteiger partial charge is 0.506 e. The van der Waals surface area contributed by atoms with Crippen LogP contribution < -0.4 is 0 Å². The number of aromatic hydroxyl groups is 1. The Morgan fingerprint density at radius 3 is 2.90 bits per heavy atom. The number of hydrogen-bond acceptors (Lipinski definition) is 3. The zero-order valence-electron chi connectivity index (χ0n) is 4.87. The third-order valence-corrected chi connectivity index (χ3v) is 0.945. The number of halogens is 1. The van der Waals surface area contributed by atoms with Crippen LogP contribution in [0, 0.1) is 17.3 Å². The maximum Gasteiger partial charge on any atom is 0.231 e. The topological polar surface area (TPSA) is 56.9 Å². The molecule has 0 aliphatic carbocycles. The molecule has 1 N–H and O–H groups in total. The Hall–Kier alpha value is -1.63. The van der Waals surface area contributed by atoms with Crippen LogP contribution in [-0.2, 0) is 0 Å². The van der Waals surface area contributed by atoms with Crippen molar-refractivity contribution < 1.29 is 9.50 Å². The van der Waals surface area contributed by atoms with Gasteiger partial charge in [-0.3, -0.25) is 0 Å². The summed E-state index contributed by atoms with van der Waals surface area (Å²) >= 11 is 0. The zero-order chi connectivity index (χ0) is 7.56. The van der Waals surface area contributed by atoms with Gasteiger partial charge in [0.1, 0.15) is 17.4 Å². The highest BCUT2D eigenvalue weighted by atomic mass is 19.1. The van der Waals surface area contributed by atoms with Crippen molar-refractivity contribution in [3.8, 4) is 11.8 Å². The van der Waals surface area contributed by atoms with Crippen molar-refractivity contribution in [3.63, 3.8) is 0 Å². The number of aromatic nitrogens is 1. The van der Waals surface area contributed by atoms with Crippen LogP contribution in [0.5, 0.6) is 5.75 Å². The van der Waals surface area contributed by atoms with Gasteiger partial charge in [0.15, 0.2) is 0 Å². The first-order valence-corrected chi connectivity index (χ1v) is 2.48. The number of hydrogen-bond donors (Lipinski definition) is 1. The lowest BCUT2D eigenvalue weighted by atomic mass is 10.3. The number of rotatable bonds is 0. The molecular weight excluding hydrogens is 135 g/mol. The van der Waals surface area contributed by atoms with Gasteiger partial charge in [-0.25, -0.2) is 4.98 Å². The van der Waals surface area contributed by atoms with E-state index < -0.39 is 5.95 Å². The molecule has 50 valence electrons. The van der Waals surface area contributed by atoms with Crippen LogP contribution in [0.3, 0.4) is 0 Å². The molecule has 0 radical (unpaired) electrons. The maximum atomic E-state index is 12.3. The molecule has 4 heteroatoms. The fraction of sp³-hybridized carbons (Fsp3) is 0. The molecule has 1 aromatic rings. The highest BCUT2D eigenvalue weighted by molar-refractivity contribution is 5.32. The lowest BCUT2D eigenvalue weighted by molar-refractivity contribution is 0.466. The van der Waals surface area contributed by atoms with Crippen LogP contribution in [0.25, 0.3) is 0 Å². The molecule has 0 aliphatic heterocycles. The van der Waals surface area contributed by atoms with E-state index in [9.17, 15) is 4.39 Å². The number of nitriles is 1. The van der Waals surface area contributed by atoms with E-state index in [1.165, 1.54) is 6.07 Å². The molecule has 0 spiro atoms. The molecule has 3 nitrogen and oxygen atoms in total. The van der Waals surface area contributed by atoms with Gasteiger partial charge >= 0.3 is 0 Å². The van der Waals surface area contributed by atoms with Crippen LogP contribution in [0.15, 0.2) is 12.3 Å². The van der Waals surface area contributed by atoms with Crippen LogP contribution >= 0.6 is 0 Å². The van der Waals surface area contributed by atoms with Crippen molar-refractivity contribution in [3.05, 3.63) is 23.8 Å². The van der Waals surface area contributed by atoms with E-state index in [0.717, 1.165) is 12.3 Å². The molecule has 1 rings (SSSR count). The van der Waals surface area contributed by atoms with Crippen molar-refractivity contribution in [2.75, 3.05) is 0 Å². The SMILES string of the molecule is N#Cc1cc(O)cnc1F. The van der Waals surface area contributed by atoms with Crippen molar-refractivity contribution in [2.24, 2.45) is 0 Å². The molecule has 10 heavy (non-hydrogen) atoms. The first kappa shape index (κ1) is 6.49. The van der Waals surface area contributed by atoms with E-state index in [1.54, 1.807) is 0 Å². The Bertz CT molecular complexity index is 292. The first-order valence-electron chi connectivity index (χ1n) is 2.48. The van der Waals surface area contributed by atoms with Crippen LogP contribution in [0.2, 0.25) is 0 Å². The summed E-state index contributed by atoms with van der Waals surface area (Å²) in [4.78, 5) is 3.11. The van der Waals surface area contributed by atoms with Crippen molar-refractivity contribution >= 4 is 0 Å². The summed E-state index contributed by atoms with van der Waals surface area (Å²) in [5.74, 6) is -1.07. The Morgan fingerprint density at radius 2 is 2.40 bits per heavy atom. The molecule has 0 saturated carbocycles. The van der Waals surface area contributed by atoms with Gasteiger partial charge in [0.05, 0.1) is 6.20 Å². The van der Waals surface area contributed by atoms with Crippen molar-refractivity contribution in [1.82, 2.24) is 4.98 Å². The zero-order valence-corrected chi connectivity index (χ0v) is 4.87. The second-order valence-electron chi connectivity index (χ2n) is 1.64. The minimum atomic E-state index is -0.861. The minimum absolute atomic E-state index is 0.210. The van der Waals surface area contributed by atoms with Gasteiger partial charge in [0.2, 0.25) is 5.95 Å². The van der Waals surface area contributed by atoms with Crippen molar-refractivity contribution in [1.29, 1.82) is 5.26 Å². The van der Waals surface area contributed by atoms with E-state index in [1.807, 2.05) is 0 Å². The summed E-state index contributed by atoms with van der Waals surface area (Å²) in [5, 5.41) is 16.9. The monoisotopic (exact) mass is 138 g/mol. The Balaban J connectivity index is 3.25. The van der Waals surface area contributed by atoms with Gasteiger partial charge in [0, 0.05) is 6.07 Å². The van der Waals surface area contributed by atoms with Crippen LogP contribution in [0.1, 0.15) is 5.56 Å². The first-order chi connectivity index (χ1) is 4.74. The third-order valence-electron chi connectivity index (χ3n) is 0.945. The molecule has 0 amide bonds. The molecule has 0 unspecified atom stereocenters. The summed E-state index contributed by atoms with van der Waals surface area (Å²) < 4.78 is 12.3. The van der Waals surface area contributed by atoms with Gasteiger partial charge in [-0.15, -0.1) is 0 Å². The summed E-state index contributed by atoms with van der Waals surface area (Å²) in [6, 6.07) is 2.55. The molecular formula is C6H3FN2O. The van der Waals surface area contributed by atoms with Crippen LogP contribution in [0.4, 0.5) is 4.39 Å². The van der Waals surface area contributed by atoms with E-state index in [4.69, 9.17) is 10.4 Å². The highest BCUT2D eigenvalue weighted by Gasteiger charge is 2.01. The summed E-state index contributed by atoms with van der Waals surface area (Å²) in [7, 11) is 0. The van der Waals surface area contributed by atoms with E-state index in [-0.39, 0.29) is 11.3 Å². The molecule has 1 heterocycles. The van der Waals surface area contributed by atoms with Gasteiger partial charge in [0.25, 0.3) is 0 Å². The van der Waals surface area contributed by atoms with Gasteiger partial charge in [-0.1, -0.05) is 0 Å². The minimum Gasteiger partial charge on any atom is -0.506 e. The molecule has 0 bridgehead atoms. The number of pyridine rings is 1. The standard InChI is InChI=1S/C6H3FN2O/c7-6-4(2-8)1-5(10)3-9-6/h1,3,10H. The summed E-state index contributed by atoms with van der Waals surface area (Å²) in [6.07, 6.45) is 0.941. The highest BCUT2D eigenvalue weighted by Crippen LogP contribution is 2.10. The fourth-order valence-electron chi connectivity index (χ4n) is 0.515. The second kappa shape index (κ2) is 2.31. The average Bonchev–Trinajstić information content (AvgIpc) is 1.94. The molecule has 0 fully saturated rings. The predicted octanol–water partition coefficient (Wildman–Crippen LogP) is 0.798. The summed E-state index contributed by atoms with van der Waals surface area (Å²) in [6.45, 7) is 0. The molecule has 0 atom stereocenters. The smallest absolute Gasteiger partial charge is 0.231 e. The Kier molecular flexibility index (Phi) is 1.50. The number of nitrogens with zero attached hydrogens (tertiary/aromatic N) is 2. The Labute approximate surface area is 56.4 Å². The van der Waals surface area contributed by atoms with Crippen LogP contribution in [-0.4, -0.2) is 10.1 Å². The molecule has 0 aliphatic rings. The van der Waals surface area contributed by atoms with Gasteiger partial charge in [-0.05, 0) is 0 Å². The van der Waals surface area contributed by atoms with Gasteiger partial charge < -0.3 is 5.11 Å². The second-order valence-corrected chi connectivity index (χ2v) is 1.64. The molecule has 0 saturated heterocycles. The lowest BCUT2D eigenvalue weighted by Gasteiger charge is -1.91. The van der Waals surface area contributed by atoms with Gasteiger partial charge in [-0.2, -0.15) is 9.65 Å². The summed E-state index contributed by atoms with van der Waals surface area (Å²) in [5.41, 5.74) is -0.250. The average molecular weight is 138 g/mol. The van der Waals surface area contributed by atoms with Crippen molar-refractivity contribution in [2.45, 2.75) is 0 Å². The maximum absolute atomic E-state index is 12.3. The molecule has 1 aromatic heterocycles. The third kappa shape index (κ3) is 1.03. The Morgan fingerprint density at radius 1 is 1.70 bits per heavy atom. The normalized spacial score (nSPS) is 8.80. The van der Waals surface area contributed by atoms with E-state index >= 15 is 0 Å². The van der Waals surface area contributed by atoms with E-state index in [2.05, 4.69) is 4.98 Å². The quantitative estimate of drug-likeness (QED) is 0.539.